The summed E-state index contributed by atoms with van der Waals surface area (Å²) < 4.78 is 12.6. The summed E-state index contributed by atoms with van der Waals surface area (Å²) in [6.45, 7) is 0. The Morgan fingerprint density at radius 3 is 2.62 bits per heavy atom. The van der Waals surface area contributed by atoms with Gasteiger partial charge in [0.2, 0.25) is 11.2 Å². The fourth-order valence-electron chi connectivity index (χ4n) is 0.925. The Balaban J connectivity index is 2.86. The van der Waals surface area contributed by atoms with Crippen LogP contribution in [-0.4, -0.2) is 15.0 Å². The first-order valence-electron chi connectivity index (χ1n) is 3.32. The van der Waals surface area contributed by atoms with Gasteiger partial charge in [0, 0.05) is 0 Å². The predicted octanol–water partition coefficient (Wildman–Crippen LogP) is 2.47. The molecule has 2 aromatic rings. The highest BCUT2D eigenvalue weighted by Crippen LogP contribution is 2.20. The van der Waals surface area contributed by atoms with Gasteiger partial charge < -0.3 is 0 Å². The Labute approximate surface area is 82.5 Å². The molecule has 0 N–H and O–H groups in total. The lowest BCUT2D eigenvalue weighted by atomic mass is 10.3. The fraction of sp³-hybridized carbons (Fsp3) is 0. The van der Waals surface area contributed by atoms with Gasteiger partial charge in [-0.2, -0.15) is 14.4 Å². The normalized spacial score (nSPS) is 10.7. The monoisotopic (exact) mass is 217 g/mol. The number of hydrogen-bond donors (Lipinski definition) is 0. The van der Waals surface area contributed by atoms with Crippen molar-refractivity contribution in [3.8, 4) is 0 Å². The molecule has 0 unspecified atom stereocenters. The number of rotatable bonds is 0. The smallest absolute Gasteiger partial charge is 0.205 e. The standard InChI is InChI=1S/C7H2Cl2FN3/c8-5-3-1-2-4(10)11-6(3)13-7(9)12-5/h1-2H. The van der Waals surface area contributed by atoms with Gasteiger partial charge in [0.15, 0.2) is 5.65 Å². The van der Waals surface area contributed by atoms with Crippen LogP contribution in [0.25, 0.3) is 11.0 Å². The maximum Gasteiger partial charge on any atom is 0.225 e. The molecule has 0 aliphatic carbocycles. The van der Waals surface area contributed by atoms with E-state index in [9.17, 15) is 4.39 Å². The second-order valence-corrected chi connectivity index (χ2v) is 2.98. The molecule has 0 amide bonds. The lowest BCUT2D eigenvalue weighted by Gasteiger charge is -1.98. The van der Waals surface area contributed by atoms with Crippen LogP contribution in [0.2, 0.25) is 10.4 Å². The SMILES string of the molecule is Fc1ccc2c(Cl)nc(Cl)nc2n1. The third kappa shape index (κ3) is 1.55. The van der Waals surface area contributed by atoms with Gasteiger partial charge in [-0.3, -0.25) is 0 Å². The Morgan fingerprint density at radius 2 is 1.85 bits per heavy atom. The predicted molar refractivity (Wildman–Crippen MR) is 47.3 cm³/mol. The third-order valence-electron chi connectivity index (χ3n) is 1.45. The molecule has 0 radical (unpaired) electrons. The first-order chi connectivity index (χ1) is 6.16. The van der Waals surface area contributed by atoms with E-state index in [0.29, 0.717) is 5.39 Å². The van der Waals surface area contributed by atoms with Gasteiger partial charge in [0.25, 0.3) is 0 Å². The summed E-state index contributed by atoms with van der Waals surface area (Å²) in [6.07, 6.45) is 0. The lowest BCUT2D eigenvalue weighted by molar-refractivity contribution is 0.588. The largest absolute Gasteiger partial charge is 0.225 e. The number of aromatic nitrogens is 3. The van der Waals surface area contributed by atoms with Crippen molar-refractivity contribution in [2.75, 3.05) is 0 Å². The van der Waals surface area contributed by atoms with Gasteiger partial charge in [-0.05, 0) is 23.7 Å². The molecule has 0 aliphatic heterocycles. The van der Waals surface area contributed by atoms with Crippen molar-refractivity contribution in [3.63, 3.8) is 0 Å². The molecule has 0 atom stereocenters. The zero-order valence-electron chi connectivity index (χ0n) is 6.13. The quantitative estimate of drug-likeness (QED) is 0.387. The molecular formula is C7H2Cl2FN3. The van der Waals surface area contributed by atoms with Crippen LogP contribution >= 0.6 is 23.2 Å². The van der Waals surface area contributed by atoms with Crippen LogP contribution in [0, 0.1) is 5.95 Å². The zero-order valence-corrected chi connectivity index (χ0v) is 7.64. The van der Waals surface area contributed by atoms with E-state index in [2.05, 4.69) is 15.0 Å². The summed E-state index contributed by atoms with van der Waals surface area (Å²) in [7, 11) is 0. The molecule has 66 valence electrons. The molecule has 0 saturated carbocycles. The molecule has 0 bridgehead atoms. The minimum absolute atomic E-state index is 0.0457. The van der Waals surface area contributed by atoms with E-state index < -0.39 is 5.95 Å². The van der Waals surface area contributed by atoms with Crippen molar-refractivity contribution in [1.82, 2.24) is 15.0 Å². The minimum atomic E-state index is -0.627. The molecule has 2 rings (SSSR count). The van der Waals surface area contributed by atoms with Crippen LogP contribution in [-0.2, 0) is 0 Å². The van der Waals surface area contributed by atoms with E-state index >= 15 is 0 Å². The Kier molecular flexibility index (Phi) is 2.01. The van der Waals surface area contributed by atoms with Crippen LogP contribution in [0.5, 0.6) is 0 Å². The first kappa shape index (κ1) is 8.59. The fourth-order valence-corrected chi connectivity index (χ4v) is 1.36. The number of fused-ring (bicyclic) bond motifs is 1. The molecular weight excluding hydrogens is 216 g/mol. The maximum absolute atomic E-state index is 12.6. The Morgan fingerprint density at radius 1 is 1.08 bits per heavy atom. The van der Waals surface area contributed by atoms with E-state index in [1.165, 1.54) is 12.1 Å². The molecule has 2 heterocycles. The number of hydrogen-bond acceptors (Lipinski definition) is 3. The molecule has 3 nitrogen and oxygen atoms in total. The van der Waals surface area contributed by atoms with Crippen molar-refractivity contribution in [1.29, 1.82) is 0 Å². The molecule has 13 heavy (non-hydrogen) atoms. The van der Waals surface area contributed by atoms with Crippen molar-refractivity contribution < 1.29 is 4.39 Å². The number of halogens is 3. The Bertz CT molecular complexity index is 469. The van der Waals surface area contributed by atoms with Crippen molar-refractivity contribution >= 4 is 34.2 Å². The van der Waals surface area contributed by atoms with Crippen LogP contribution in [0.4, 0.5) is 4.39 Å². The van der Waals surface area contributed by atoms with E-state index in [-0.39, 0.29) is 16.1 Å². The summed E-state index contributed by atoms with van der Waals surface area (Å²) in [5.41, 5.74) is 0.157. The van der Waals surface area contributed by atoms with Crippen LogP contribution in [0.3, 0.4) is 0 Å². The minimum Gasteiger partial charge on any atom is -0.205 e. The molecule has 6 heteroatoms. The molecule has 0 saturated heterocycles. The molecule has 0 aromatic carbocycles. The van der Waals surface area contributed by atoms with Gasteiger partial charge in [-0.1, -0.05) is 11.6 Å². The molecule has 0 fully saturated rings. The van der Waals surface area contributed by atoms with Gasteiger partial charge in [0.05, 0.1) is 5.39 Å². The van der Waals surface area contributed by atoms with Crippen LogP contribution in [0.15, 0.2) is 12.1 Å². The second kappa shape index (κ2) is 3.05. The summed E-state index contributed by atoms with van der Waals surface area (Å²) in [4.78, 5) is 10.9. The Hall–Kier alpha value is -1.00. The van der Waals surface area contributed by atoms with E-state index in [1.54, 1.807) is 0 Å². The average Bonchev–Trinajstić information content (AvgIpc) is 2.02. The van der Waals surface area contributed by atoms with Gasteiger partial charge >= 0.3 is 0 Å². The highest BCUT2D eigenvalue weighted by Gasteiger charge is 2.05. The lowest BCUT2D eigenvalue weighted by Crippen LogP contribution is -1.91. The topological polar surface area (TPSA) is 38.7 Å². The average molecular weight is 218 g/mol. The summed E-state index contributed by atoms with van der Waals surface area (Å²) in [6, 6.07) is 2.64. The third-order valence-corrected chi connectivity index (χ3v) is 1.91. The molecule has 2 aromatic heterocycles. The van der Waals surface area contributed by atoms with E-state index in [0.717, 1.165) is 0 Å². The number of pyridine rings is 1. The second-order valence-electron chi connectivity index (χ2n) is 2.29. The van der Waals surface area contributed by atoms with E-state index in [1.807, 2.05) is 0 Å². The van der Waals surface area contributed by atoms with Crippen LogP contribution in [0.1, 0.15) is 0 Å². The highest BCUT2D eigenvalue weighted by molar-refractivity contribution is 6.35. The molecule has 0 spiro atoms. The van der Waals surface area contributed by atoms with Crippen molar-refractivity contribution in [2.24, 2.45) is 0 Å². The van der Waals surface area contributed by atoms with Gasteiger partial charge in [-0.25, -0.2) is 4.98 Å². The first-order valence-corrected chi connectivity index (χ1v) is 4.08. The van der Waals surface area contributed by atoms with Gasteiger partial charge in [0.1, 0.15) is 5.15 Å². The summed E-state index contributed by atoms with van der Waals surface area (Å²) in [5, 5.41) is 0.602. The van der Waals surface area contributed by atoms with E-state index in [4.69, 9.17) is 23.2 Å². The van der Waals surface area contributed by atoms with Crippen molar-refractivity contribution in [3.05, 3.63) is 28.5 Å². The van der Waals surface area contributed by atoms with Crippen molar-refractivity contribution in [2.45, 2.75) is 0 Å². The highest BCUT2D eigenvalue weighted by atomic mass is 35.5. The maximum atomic E-state index is 12.6. The van der Waals surface area contributed by atoms with Gasteiger partial charge in [-0.15, -0.1) is 0 Å². The summed E-state index contributed by atoms with van der Waals surface area (Å²) >= 11 is 11.2. The molecule has 0 aliphatic rings. The van der Waals surface area contributed by atoms with Crippen LogP contribution < -0.4 is 0 Å². The number of nitrogens with zero attached hydrogens (tertiary/aromatic N) is 3. The zero-order chi connectivity index (χ0) is 9.42. The summed E-state index contributed by atoms with van der Waals surface area (Å²) in [5.74, 6) is -0.627.